The SMILES string of the molecule is CNc1cnn(Cc2ccc(F)c(OC)c2)c1. The molecule has 0 radical (unpaired) electrons. The maximum atomic E-state index is 13.2. The Hall–Kier alpha value is -2.04. The van der Waals surface area contributed by atoms with Crippen molar-refractivity contribution in [1.29, 1.82) is 0 Å². The quantitative estimate of drug-likeness (QED) is 0.882. The van der Waals surface area contributed by atoms with E-state index in [1.54, 1.807) is 23.0 Å². The molecule has 5 heteroatoms. The molecule has 0 saturated carbocycles. The molecule has 0 aliphatic carbocycles. The van der Waals surface area contributed by atoms with E-state index in [0.29, 0.717) is 6.54 Å². The molecule has 4 nitrogen and oxygen atoms in total. The van der Waals surface area contributed by atoms with E-state index in [-0.39, 0.29) is 11.6 Å². The molecule has 0 unspecified atom stereocenters. The van der Waals surface area contributed by atoms with Crippen molar-refractivity contribution >= 4 is 5.69 Å². The predicted molar refractivity (Wildman–Crippen MR) is 63.8 cm³/mol. The monoisotopic (exact) mass is 235 g/mol. The maximum absolute atomic E-state index is 13.2. The van der Waals surface area contributed by atoms with Crippen LogP contribution in [-0.4, -0.2) is 23.9 Å². The Morgan fingerprint density at radius 2 is 2.29 bits per heavy atom. The molecule has 2 rings (SSSR count). The average Bonchev–Trinajstić information content (AvgIpc) is 2.79. The number of hydrogen-bond donors (Lipinski definition) is 1. The summed E-state index contributed by atoms with van der Waals surface area (Å²) in [5, 5.41) is 7.18. The first-order chi connectivity index (χ1) is 8.22. The van der Waals surface area contributed by atoms with E-state index in [1.165, 1.54) is 13.2 Å². The smallest absolute Gasteiger partial charge is 0.165 e. The zero-order valence-electron chi connectivity index (χ0n) is 9.77. The van der Waals surface area contributed by atoms with Crippen molar-refractivity contribution in [3.05, 3.63) is 42.0 Å². The van der Waals surface area contributed by atoms with Gasteiger partial charge in [0.2, 0.25) is 0 Å². The van der Waals surface area contributed by atoms with Crippen molar-refractivity contribution in [2.75, 3.05) is 19.5 Å². The largest absolute Gasteiger partial charge is 0.494 e. The molecule has 0 atom stereocenters. The van der Waals surface area contributed by atoms with Crippen LogP contribution in [-0.2, 0) is 6.54 Å². The Balaban J connectivity index is 2.18. The summed E-state index contributed by atoms with van der Waals surface area (Å²) < 4.78 is 19.9. The van der Waals surface area contributed by atoms with Gasteiger partial charge in [-0.1, -0.05) is 6.07 Å². The molecule has 0 saturated heterocycles. The van der Waals surface area contributed by atoms with Gasteiger partial charge in [0.05, 0.1) is 25.5 Å². The summed E-state index contributed by atoms with van der Waals surface area (Å²) in [5.41, 5.74) is 1.88. The lowest BCUT2D eigenvalue weighted by molar-refractivity contribution is 0.385. The standard InChI is InChI=1S/C12H14FN3O/c1-14-10-6-15-16(8-10)7-9-3-4-11(13)12(5-9)17-2/h3-6,8,14H,7H2,1-2H3. The first kappa shape index (κ1) is 11.4. The van der Waals surface area contributed by atoms with Crippen LogP contribution in [0.4, 0.5) is 10.1 Å². The average molecular weight is 235 g/mol. The molecule has 17 heavy (non-hydrogen) atoms. The summed E-state index contributed by atoms with van der Waals surface area (Å²) in [4.78, 5) is 0. The van der Waals surface area contributed by atoms with Crippen LogP contribution in [0.1, 0.15) is 5.56 Å². The van der Waals surface area contributed by atoms with Gasteiger partial charge in [0, 0.05) is 13.2 Å². The predicted octanol–water partition coefficient (Wildman–Crippen LogP) is 2.12. The lowest BCUT2D eigenvalue weighted by atomic mass is 10.2. The molecule has 2 aromatic rings. The molecule has 0 bridgehead atoms. The number of rotatable bonds is 4. The number of ether oxygens (including phenoxy) is 1. The second kappa shape index (κ2) is 4.86. The molecule has 0 aliphatic rings. The molecular formula is C12H14FN3O. The van der Waals surface area contributed by atoms with Crippen LogP contribution < -0.4 is 10.1 Å². The minimum absolute atomic E-state index is 0.253. The van der Waals surface area contributed by atoms with Crippen LogP contribution in [0, 0.1) is 5.82 Å². The highest BCUT2D eigenvalue weighted by atomic mass is 19.1. The Bertz CT molecular complexity index is 510. The number of benzene rings is 1. The number of nitrogens with zero attached hydrogens (tertiary/aromatic N) is 2. The van der Waals surface area contributed by atoms with E-state index >= 15 is 0 Å². The second-order valence-electron chi connectivity index (χ2n) is 3.65. The highest BCUT2D eigenvalue weighted by molar-refractivity contribution is 5.37. The lowest BCUT2D eigenvalue weighted by Crippen LogP contribution is -2.01. The highest BCUT2D eigenvalue weighted by Gasteiger charge is 2.04. The summed E-state index contributed by atoms with van der Waals surface area (Å²) >= 11 is 0. The molecular weight excluding hydrogens is 221 g/mol. The normalized spacial score (nSPS) is 10.3. The van der Waals surface area contributed by atoms with Crippen molar-refractivity contribution in [3.63, 3.8) is 0 Å². The van der Waals surface area contributed by atoms with Crippen LogP contribution in [0.3, 0.4) is 0 Å². The van der Waals surface area contributed by atoms with Crippen molar-refractivity contribution < 1.29 is 9.13 Å². The number of nitrogens with one attached hydrogen (secondary N) is 1. The maximum Gasteiger partial charge on any atom is 0.165 e. The van der Waals surface area contributed by atoms with Gasteiger partial charge in [0.15, 0.2) is 11.6 Å². The van der Waals surface area contributed by atoms with Gasteiger partial charge in [-0.2, -0.15) is 5.10 Å². The Kier molecular flexibility index (Phi) is 3.27. The Labute approximate surface area is 99.0 Å². The van der Waals surface area contributed by atoms with Gasteiger partial charge >= 0.3 is 0 Å². The van der Waals surface area contributed by atoms with Gasteiger partial charge in [-0.25, -0.2) is 4.39 Å². The molecule has 1 aromatic heterocycles. The fraction of sp³-hybridized carbons (Fsp3) is 0.250. The third-order valence-corrected chi connectivity index (χ3v) is 2.48. The van der Waals surface area contributed by atoms with Gasteiger partial charge in [-0.3, -0.25) is 4.68 Å². The van der Waals surface area contributed by atoms with Crippen LogP contribution >= 0.6 is 0 Å². The zero-order chi connectivity index (χ0) is 12.3. The number of aromatic nitrogens is 2. The number of halogens is 1. The fourth-order valence-corrected chi connectivity index (χ4v) is 1.57. The summed E-state index contributed by atoms with van der Waals surface area (Å²) in [6, 6.07) is 4.80. The van der Waals surface area contributed by atoms with Gasteiger partial charge in [-0.15, -0.1) is 0 Å². The second-order valence-corrected chi connectivity index (χ2v) is 3.65. The minimum Gasteiger partial charge on any atom is -0.494 e. The molecule has 0 fully saturated rings. The third kappa shape index (κ3) is 2.55. The van der Waals surface area contributed by atoms with E-state index in [9.17, 15) is 4.39 Å². The van der Waals surface area contributed by atoms with E-state index in [2.05, 4.69) is 10.4 Å². The summed E-state index contributed by atoms with van der Waals surface area (Å²) in [6.07, 6.45) is 3.62. The van der Waals surface area contributed by atoms with E-state index < -0.39 is 0 Å². The minimum atomic E-state index is -0.354. The third-order valence-electron chi connectivity index (χ3n) is 2.48. The van der Waals surface area contributed by atoms with E-state index in [1.807, 2.05) is 13.2 Å². The Morgan fingerprint density at radius 1 is 1.47 bits per heavy atom. The van der Waals surface area contributed by atoms with Crippen molar-refractivity contribution in [1.82, 2.24) is 9.78 Å². The molecule has 90 valence electrons. The zero-order valence-corrected chi connectivity index (χ0v) is 9.77. The summed E-state index contributed by atoms with van der Waals surface area (Å²) in [7, 11) is 3.29. The molecule has 1 aromatic carbocycles. The number of anilines is 1. The Morgan fingerprint density at radius 3 is 2.94 bits per heavy atom. The first-order valence-electron chi connectivity index (χ1n) is 5.25. The van der Waals surface area contributed by atoms with Gasteiger partial charge < -0.3 is 10.1 Å². The van der Waals surface area contributed by atoms with Crippen LogP contribution in [0.5, 0.6) is 5.75 Å². The van der Waals surface area contributed by atoms with Gasteiger partial charge in [0.25, 0.3) is 0 Å². The topological polar surface area (TPSA) is 39.1 Å². The van der Waals surface area contributed by atoms with Crippen molar-refractivity contribution in [2.24, 2.45) is 0 Å². The van der Waals surface area contributed by atoms with Gasteiger partial charge in [-0.05, 0) is 17.7 Å². The molecule has 1 heterocycles. The van der Waals surface area contributed by atoms with Gasteiger partial charge in [0.1, 0.15) is 0 Å². The fourth-order valence-electron chi connectivity index (χ4n) is 1.57. The summed E-state index contributed by atoms with van der Waals surface area (Å²) in [5.74, 6) is -0.101. The molecule has 0 aliphatic heterocycles. The van der Waals surface area contributed by atoms with Crippen LogP contribution in [0.2, 0.25) is 0 Å². The molecule has 0 amide bonds. The lowest BCUT2D eigenvalue weighted by Gasteiger charge is -2.05. The van der Waals surface area contributed by atoms with E-state index in [4.69, 9.17) is 4.74 Å². The summed E-state index contributed by atoms with van der Waals surface area (Å²) in [6.45, 7) is 0.582. The number of methoxy groups -OCH3 is 1. The van der Waals surface area contributed by atoms with Crippen LogP contribution in [0.15, 0.2) is 30.6 Å². The molecule has 1 N–H and O–H groups in total. The highest BCUT2D eigenvalue weighted by Crippen LogP contribution is 2.19. The first-order valence-corrected chi connectivity index (χ1v) is 5.25. The van der Waals surface area contributed by atoms with Crippen molar-refractivity contribution in [2.45, 2.75) is 6.54 Å². The molecule has 0 spiro atoms. The van der Waals surface area contributed by atoms with Crippen molar-refractivity contribution in [3.8, 4) is 5.75 Å². The number of hydrogen-bond acceptors (Lipinski definition) is 3. The van der Waals surface area contributed by atoms with E-state index in [0.717, 1.165) is 11.3 Å². The van der Waals surface area contributed by atoms with Crippen LogP contribution in [0.25, 0.3) is 0 Å².